The van der Waals surface area contributed by atoms with Crippen molar-refractivity contribution < 1.29 is 14.5 Å². The van der Waals surface area contributed by atoms with Gasteiger partial charge in [0.1, 0.15) is 6.54 Å². The molecule has 1 unspecified atom stereocenters. The van der Waals surface area contributed by atoms with Gasteiger partial charge in [-0.05, 0) is 18.1 Å². The van der Waals surface area contributed by atoms with Crippen molar-refractivity contribution in [1.29, 1.82) is 0 Å². The quantitative estimate of drug-likeness (QED) is 0.469. The molecule has 146 valence electrons. The summed E-state index contributed by atoms with van der Waals surface area (Å²) in [5, 5.41) is 16.9. The van der Waals surface area contributed by atoms with Gasteiger partial charge in [-0.15, -0.1) is 0 Å². The van der Waals surface area contributed by atoms with Crippen LogP contribution in [-0.4, -0.2) is 34.9 Å². The van der Waals surface area contributed by atoms with E-state index in [4.69, 9.17) is 0 Å². The van der Waals surface area contributed by atoms with Crippen LogP contribution in [0.15, 0.2) is 48.5 Å². The number of nitrogens with zero attached hydrogens (tertiary/aromatic N) is 2. The van der Waals surface area contributed by atoms with E-state index >= 15 is 0 Å². The Kier molecular flexibility index (Phi) is 5.88. The molecule has 3 rings (SSSR count). The zero-order chi connectivity index (χ0) is 20.1. The second-order valence-corrected chi connectivity index (χ2v) is 6.60. The Hall–Kier alpha value is -3.42. The molecule has 2 aromatic rings. The van der Waals surface area contributed by atoms with Gasteiger partial charge in [0.15, 0.2) is 0 Å². The van der Waals surface area contributed by atoms with Crippen molar-refractivity contribution in [2.75, 3.05) is 18.4 Å². The molecule has 8 heteroatoms. The smallest absolute Gasteiger partial charge is 0.318 e. The average molecular weight is 382 g/mol. The Morgan fingerprint density at radius 3 is 2.71 bits per heavy atom. The van der Waals surface area contributed by atoms with Crippen molar-refractivity contribution in [1.82, 2.24) is 10.2 Å². The predicted molar refractivity (Wildman–Crippen MR) is 105 cm³/mol. The first-order valence-electron chi connectivity index (χ1n) is 9.19. The van der Waals surface area contributed by atoms with Crippen molar-refractivity contribution in [3.63, 3.8) is 0 Å². The number of nitrogens with one attached hydrogen (secondary N) is 2. The highest BCUT2D eigenvalue weighted by atomic mass is 16.6. The molecule has 1 aliphatic rings. The van der Waals surface area contributed by atoms with Crippen LogP contribution in [0.4, 0.5) is 16.2 Å². The number of fused-ring (bicyclic) bond motifs is 1. The van der Waals surface area contributed by atoms with Crippen molar-refractivity contribution >= 4 is 23.3 Å². The highest BCUT2D eigenvalue weighted by Gasteiger charge is 2.34. The van der Waals surface area contributed by atoms with Crippen molar-refractivity contribution in [2.45, 2.75) is 25.8 Å². The molecule has 1 atom stereocenters. The number of rotatable bonds is 5. The van der Waals surface area contributed by atoms with Crippen molar-refractivity contribution in [3.05, 3.63) is 69.8 Å². The second-order valence-electron chi connectivity index (χ2n) is 6.60. The number of nitro groups is 1. The summed E-state index contributed by atoms with van der Waals surface area (Å²) in [6, 6.07) is 12.5. The summed E-state index contributed by atoms with van der Waals surface area (Å²) in [4.78, 5) is 37.5. The highest BCUT2D eigenvalue weighted by molar-refractivity contribution is 5.97. The maximum absolute atomic E-state index is 12.9. The minimum absolute atomic E-state index is 0.0952. The monoisotopic (exact) mass is 382 g/mol. The van der Waals surface area contributed by atoms with Crippen LogP contribution in [0.25, 0.3) is 0 Å². The van der Waals surface area contributed by atoms with Gasteiger partial charge in [0, 0.05) is 29.9 Å². The molecule has 28 heavy (non-hydrogen) atoms. The molecule has 0 aliphatic carbocycles. The lowest BCUT2D eigenvalue weighted by molar-refractivity contribution is -0.384. The number of carbonyl (C=O) groups is 2. The van der Waals surface area contributed by atoms with Gasteiger partial charge in [0.2, 0.25) is 5.91 Å². The van der Waals surface area contributed by atoms with Gasteiger partial charge in [-0.1, -0.05) is 43.7 Å². The van der Waals surface area contributed by atoms with Crippen LogP contribution in [0.5, 0.6) is 0 Å². The lowest BCUT2D eigenvalue weighted by atomic mass is 9.95. The molecule has 0 spiro atoms. The third-order valence-corrected chi connectivity index (χ3v) is 4.62. The molecule has 0 saturated heterocycles. The maximum atomic E-state index is 12.9. The predicted octanol–water partition coefficient (Wildman–Crippen LogP) is 3.45. The average Bonchev–Trinajstić information content (AvgIpc) is 2.83. The molecule has 2 aromatic carbocycles. The molecule has 0 bridgehead atoms. The normalized spacial score (nSPS) is 16.0. The number of nitro benzene ring substituents is 1. The molecule has 0 saturated carbocycles. The number of urea groups is 1. The number of unbranched alkanes of at least 4 members (excludes halogenated alkanes) is 1. The summed E-state index contributed by atoms with van der Waals surface area (Å²) >= 11 is 0. The number of hydrogen-bond acceptors (Lipinski definition) is 4. The van der Waals surface area contributed by atoms with Gasteiger partial charge in [-0.2, -0.15) is 0 Å². The number of hydrogen-bond donors (Lipinski definition) is 2. The summed E-state index contributed by atoms with van der Waals surface area (Å²) in [6.45, 7) is 2.37. The zero-order valence-electron chi connectivity index (χ0n) is 15.6. The third-order valence-electron chi connectivity index (χ3n) is 4.62. The van der Waals surface area contributed by atoms with Crippen molar-refractivity contribution in [3.8, 4) is 0 Å². The molecule has 1 aliphatic heterocycles. The van der Waals surface area contributed by atoms with Crippen LogP contribution in [0, 0.1) is 10.1 Å². The number of anilines is 1. The van der Waals surface area contributed by atoms with E-state index in [0.29, 0.717) is 17.8 Å². The Balaban J connectivity index is 2.10. The summed E-state index contributed by atoms with van der Waals surface area (Å²) in [7, 11) is 0. The van der Waals surface area contributed by atoms with Crippen LogP contribution in [0.1, 0.15) is 36.9 Å². The SMILES string of the molecule is CCCCNC(=O)N1CC(=O)Nc2ccc([N+](=O)[O-])cc2C1c1ccccc1. The first-order chi connectivity index (χ1) is 13.5. The molecule has 0 aromatic heterocycles. The lowest BCUT2D eigenvalue weighted by Crippen LogP contribution is -2.45. The van der Waals surface area contributed by atoms with E-state index in [2.05, 4.69) is 10.6 Å². The topological polar surface area (TPSA) is 105 Å². The van der Waals surface area contributed by atoms with Gasteiger partial charge < -0.3 is 15.5 Å². The molecule has 0 radical (unpaired) electrons. The van der Waals surface area contributed by atoms with Gasteiger partial charge in [-0.25, -0.2) is 4.79 Å². The van der Waals surface area contributed by atoms with Crippen LogP contribution >= 0.6 is 0 Å². The first kappa shape index (κ1) is 19.3. The van der Waals surface area contributed by atoms with E-state index < -0.39 is 11.0 Å². The number of non-ortho nitro benzene ring substituents is 1. The largest absolute Gasteiger partial charge is 0.338 e. The molecular formula is C20H22N4O4. The fraction of sp³-hybridized carbons (Fsp3) is 0.300. The summed E-state index contributed by atoms with van der Waals surface area (Å²) in [5.74, 6) is -0.348. The Labute approximate surface area is 162 Å². The van der Waals surface area contributed by atoms with Gasteiger partial charge in [-0.3, -0.25) is 14.9 Å². The maximum Gasteiger partial charge on any atom is 0.318 e. The summed E-state index contributed by atoms with van der Waals surface area (Å²) < 4.78 is 0. The fourth-order valence-electron chi connectivity index (χ4n) is 3.26. The van der Waals surface area contributed by atoms with E-state index in [1.165, 1.54) is 23.1 Å². The van der Waals surface area contributed by atoms with E-state index in [0.717, 1.165) is 18.4 Å². The van der Waals surface area contributed by atoms with Crippen LogP contribution < -0.4 is 10.6 Å². The minimum atomic E-state index is -0.628. The minimum Gasteiger partial charge on any atom is -0.338 e. The summed E-state index contributed by atoms with van der Waals surface area (Å²) in [6.07, 6.45) is 1.75. The Bertz CT molecular complexity index is 885. The van der Waals surface area contributed by atoms with E-state index in [-0.39, 0.29) is 24.2 Å². The first-order valence-corrected chi connectivity index (χ1v) is 9.19. The van der Waals surface area contributed by atoms with Crippen LogP contribution in [-0.2, 0) is 4.79 Å². The molecule has 3 amide bonds. The molecule has 0 fully saturated rings. The number of carbonyl (C=O) groups excluding carboxylic acids is 2. The van der Waals surface area contributed by atoms with Gasteiger partial charge in [0.05, 0.1) is 11.0 Å². The van der Waals surface area contributed by atoms with Crippen molar-refractivity contribution in [2.24, 2.45) is 0 Å². The third kappa shape index (κ3) is 4.11. The standard InChI is InChI=1S/C20H22N4O4/c1-2-3-11-21-20(26)23-13-18(25)22-17-10-9-15(24(27)28)12-16(17)19(23)14-7-5-4-6-8-14/h4-10,12,19H,2-3,11,13H2,1H3,(H,21,26)(H,22,25). The zero-order valence-corrected chi connectivity index (χ0v) is 15.6. The molecule has 2 N–H and O–H groups in total. The van der Waals surface area contributed by atoms with E-state index in [1.807, 2.05) is 37.3 Å². The van der Waals surface area contributed by atoms with Crippen LogP contribution in [0.2, 0.25) is 0 Å². The van der Waals surface area contributed by atoms with E-state index in [9.17, 15) is 19.7 Å². The second kappa shape index (κ2) is 8.51. The van der Waals surface area contributed by atoms with Crippen LogP contribution in [0.3, 0.4) is 0 Å². The molecule has 8 nitrogen and oxygen atoms in total. The molecule has 1 heterocycles. The Morgan fingerprint density at radius 2 is 2.04 bits per heavy atom. The van der Waals surface area contributed by atoms with Gasteiger partial charge >= 0.3 is 6.03 Å². The summed E-state index contributed by atoms with van der Waals surface area (Å²) in [5.41, 5.74) is 1.65. The lowest BCUT2D eigenvalue weighted by Gasteiger charge is -2.30. The van der Waals surface area contributed by atoms with E-state index in [1.54, 1.807) is 0 Å². The Morgan fingerprint density at radius 1 is 1.29 bits per heavy atom. The molecular weight excluding hydrogens is 360 g/mol. The number of amides is 3. The van der Waals surface area contributed by atoms with Gasteiger partial charge in [0.25, 0.3) is 5.69 Å². The number of benzene rings is 2. The highest BCUT2D eigenvalue weighted by Crippen LogP contribution is 2.37. The fourth-order valence-corrected chi connectivity index (χ4v) is 3.26.